The minimum absolute atomic E-state index is 0.492. The van der Waals surface area contributed by atoms with E-state index in [1.165, 1.54) is 12.1 Å². The predicted octanol–water partition coefficient (Wildman–Crippen LogP) is 4.10. The summed E-state index contributed by atoms with van der Waals surface area (Å²) in [7, 11) is 0. The van der Waals surface area contributed by atoms with Crippen molar-refractivity contribution in [2.45, 2.75) is 44.9 Å². The average molecular weight is 246 g/mol. The molecule has 1 N–H and O–H groups in total. The molecule has 0 saturated carbocycles. The van der Waals surface area contributed by atoms with Crippen LogP contribution >= 0.6 is 0 Å². The molecule has 0 heterocycles. The molecule has 0 radical (unpaired) electrons. The van der Waals surface area contributed by atoms with Gasteiger partial charge in [-0.15, -0.1) is 0 Å². The van der Waals surface area contributed by atoms with Gasteiger partial charge in [-0.25, -0.2) is 0 Å². The minimum atomic E-state index is -4.33. The lowest BCUT2D eigenvalue weighted by Gasteiger charge is -2.27. The molecule has 1 rings (SSSR count). The summed E-state index contributed by atoms with van der Waals surface area (Å²) in [6, 6.07) is 4.77. The summed E-state index contributed by atoms with van der Waals surface area (Å²) in [6.07, 6.45) is -2.50. The fraction of sp³-hybridized carbons (Fsp3) is 0.538. The Kier molecular flexibility index (Phi) is 4.20. The standard InChI is InChI=1S/C13H17F3O/c1-3-9-12(17,4-2)10-5-7-11(8-6-10)13(14,15)16/h5-8,17H,3-4,9H2,1-2H3. The molecule has 4 heteroatoms. The number of hydrogen-bond donors (Lipinski definition) is 1. The van der Waals surface area contributed by atoms with Gasteiger partial charge in [0, 0.05) is 0 Å². The minimum Gasteiger partial charge on any atom is -0.385 e. The van der Waals surface area contributed by atoms with Crippen LogP contribution in [0.4, 0.5) is 13.2 Å². The number of hydrogen-bond acceptors (Lipinski definition) is 1. The van der Waals surface area contributed by atoms with Crippen LogP contribution in [0.15, 0.2) is 24.3 Å². The van der Waals surface area contributed by atoms with E-state index < -0.39 is 17.3 Å². The van der Waals surface area contributed by atoms with Crippen LogP contribution in [-0.2, 0) is 11.8 Å². The van der Waals surface area contributed by atoms with Crippen LogP contribution < -0.4 is 0 Å². The Morgan fingerprint density at radius 3 is 1.82 bits per heavy atom. The van der Waals surface area contributed by atoms with Crippen molar-refractivity contribution in [1.82, 2.24) is 0 Å². The third kappa shape index (κ3) is 3.22. The first-order valence-electron chi connectivity index (χ1n) is 5.73. The molecule has 0 fully saturated rings. The zero-order valence-electron chi connectivity index (χ0n) is 10.0. The third-order valence-corrected chi connectivity index (χ3v) is 3.00. The molecule has 1 aromatic rings. The molecule has 0 saturated heterocycles. The van der Waals surface area contributed by atoms with Crippen molar-refractivity contribution >= 4 is 0 Å². The van der Waals surface area contributed by atoms with E-state index in [0.29, 0.717) is 18.4 Å². The molecule has 0 bridgehead atoms. The van der Waals surface area contributed by atoms with Crippen LogP contribution in [0.3, 0.4) is 0 Å². The molecule has 96 valence electrons. The third-order valence-electron chi connectivity index (χ3n) is 3.00. The number of halogens is 3. The van der Waals surface area contributed by atoms with Crippen molar-refractivity contribution in [3.63, 3.8) is 0 Å². The van der Waals surface area contributed by atoms with E-state index in [2.05, 4.69) is 0 Å². The van der Waals surface area contributed by atoms with Gasteiger partial charge >= 0.3 is 6.18 Å². The summed E-state index contributed by atoms with van der Waals surface area (Å²) in [4.78, 5) is 0. The van der Waals surface area contributed by atoms with Crippen LogP contribution in [0.5, 0.6) is 0 Å². The lowest BCUT2D eigenvalue weighted by molar-refractivity contribution is -0.137. The Bertz CT molecular complexity index is 356. The van der Waals surface area contributed by atoms with Crippen molar-refractivity contribution < 1.29 is 18.3 Å². The molecular formula is C13H17F3O. The normalized spacial score (nSPS) is 15.6. The smallest absolute Gasteiger partial charge is 0.385 e. The zero-order chi connectivity index (χ0) is 13.1. The molecule has 0 aromatic heterocycles. The van der Waals surface area contributed by atoms with Crippen molar-refractivity contribution in [3.8, 4) is 0 Å². The van der Waals surface area contributed by atoms with Gasteiger partial charge in [-0.3, -0.25) is 0 Å². The highest BCUT2D eigenvalue weighted by Crippen LogP contribution is 2.33. The molecule has 1 aromatic carbocycles. The first-order valence-corrected chi connectivity index (χ1v) is 5.73. The molecule has 0 aliphatic heterocycles. The summed E-state index contributed by atoms with van der Waals surface area (Å²) < 4.78 is 37.2. The van der Waals surface area contributed by atoms with Crippen molar-refractivity contribution in [2.24, 2.45) is 0 Å². The Hall–Kier alpha value is -1.03. The maximum atomic E-state index is 12.4. The number of rotatable bonds is 4. The fourth-order valence-corrected chi connectivity index (χ4v) is 1.91. The molecule has 1 unspecified atom stereocenters. The summed E-state index contributed by atoms with van der Waals surface area (Å²) in [6.45, 7) is 3.76. The van der Waals surface area contributed by atoms with Crippen molar-refractivity contribution in [3.05, 3.63) is 35.4 Å². The molecule has 0 amide bonds. The lowest BCUT2D eigenvalue weighted by atomic mass is 9.86. The Balaban J connectivity index is 3.01. The van der Waals surface area contributed by atoms with Gasteiger partial charge in [-0.05, 0) is 30.5 Å². The van der Waals surface area contributed by atoms with Crippen molar-refractivity contribution in [1.29, 1.82) is 0 Å². The second-order valence-electron chi connectivity index (χ2n) is 4.21. The van der Waals surface area contributed by atoms with Gasteiger partial charge < -0.3 is 5.11 Å². The molecule has 1 nitrogen and oxygen atoms in total. The van der Waals surface area contributed by atoms with Crippen LogP contribution in [0.25, 0.3) is 0 Å². The Morgan fingerprint density at radius 2 is 1.47 bits per heavy atom. The number of benzene rings is 1. The van der Waals surface area contributed by atoms with Crippen molar-refractivity contribution in [2.75, 3.05) is 0 Å². The van der Waals surface area contributed by atoms with Gasteiger partial charge in [0.25, 0.3) is 0 Å². The molecule has 17 heavy (non-hydrogen) atoms. The largest absolute Gasteiger partial charge is 0.416 e. The van der Waals surface area contributed by atoms with E-state index in [1.54, 1.807) is 0 Å². The molecule has 1 atom stereocenters. The number of aliphatic hydroxyl groups is 1. The topological polar surface area (TPSA) is 20.2 Å². The van der Waals surface area contributed by atoms with Crippen LogP contribution in [0, 0.1) is 0 Å². The highest BCUT2D eigenvalue weighted by atomic mass is 19.4. The first kappa shape index (κ1) is 14.0. The Labute approximate surface area is 99.3 Å². The summed E-state index contributed by atoms with van der Waals surface area (Å²) >= 11 is 0. The second-order valence-corrected chi connectivity index (χ2v) is 4.21. The van der Waals surface area contributed by atoms with Gasteiger partial charge in [-0.1, -0.05) is 32.4 Å². The Morgan fingerprint density at radius 1 is 1.00 bits per heavy atom. The van der Waals surface area contributed by atoms with Crippen LogP contribution in [0.2, 0.25) is 0 Å². The van der Waals surface area contributed by atoms with Gasteiger partial charge in [0.15, 0.2) is 0 Å². The first-order chi connectivity index (χ1) is 7.83. The summed E-state index contributed by atoms with van der Waals surface area (Å²) in [5.41, 5.74) is -1.15. The second kappa shape index (κ2) is 5.08. The molecule has 0 aliphatic rings. The van der Waals surface area contributed by atoms with Gasteiger partial charge in [0.1, 0.15) is 0 Å². The zero-order valence-corrected chi connectivity index (χ0v) is 10.0. The molecular weight excluding hydrogens is 229 g/mol. The number of alkyl halides is 3. The fourth-order valence-electron chi connectivity index (χ4n) is 1.91. The van der Waals surface area contributed by atoms with E-state index in [0.717, 1.165) is 18.6 Å². The van der Waals surface area contributed by atoms with Gasteiger partial charge in [0.05, 0.1) is 11.2 Å². The van der Waals surface area contributed by atoms with Crippen LogP contribution in [0.1, 0.15) is 44.2 Å². The maximum absolute atomic E-state index is 12.4. The summed E-state index contributed by atoms with van der Waals surface area (Å²) in [5.74, 6) is 0. The monoisotopic (exact) mass is 246 g/mol. The lowest BCUT2D eigenvalue weighted by Crippen LogP contribution is -2.24. The SMILES string of the molecule is CCCC(O)(CC)c1ccc(C(F)(F)F)cc1. The van der Waals surface area contributed by atoms with E-state index in [-0.39, 0.29) is 0 Å². The molecule has 0 spiro atoms. The summed E-state index contributed by atoms with van der Waals surface area (Å²) in [5, 5.41) is 10.3. The highest BCUT2D eigenvalue weighted by molar-refractivity contribution is 5.28. The maximum Gasteiger partial charge on any atom is 0.416 e. The van der Waals surface area contributed by atoms with Gasteiger partial charge in [0.2, 0.25) is 0 Å². The van der Waals surface area contributed by atoms with E-state index in [4.69, 9.17) is 0 Å². The highest BCUT2D eigenvalue weighted by Gasteiger charge is 2.32. The van der Waals surface area contributed by atoms with E-state index in [1.807, 2.05) is 13.8 Å². The predicted molar refractivity (Wildman–Crippen MR) is 60.5 cm³/mol. The van der Waals surface area contributed by atoms with E-state index in [9.17, 15) is 18.3 Å². The van der Waals surface area contributed by atoms with E-state index >= 15 is 0 Å². The van der Waals surface area contributed by atoms with Crippen LogP contribution in [-0.4, -0.2) is 5.11 Å². The molecule has 0 aliphatic carbocycles. The quantitative estimate of drug-likeness (QED) is 0.847. The van der Waals surface area contributed by atoms with Gasteiger partial charge in [-0.2, -0.15) is 13.2 Å². The average Bonchev–Trinajstić information content (AvgIpc) is 2.28.